The molecule has 1 N–H and O–H groups in total. The lowest BCUT2D eigenvalue weighted by atomic mass is 10.1. The van der Waals surface area contributed by atoms with Gasteiger partial charge in [-0.1, -0.05) is 60.2 Å². The van der Waals surface area contributed by atoms with Crippen LogP contribution < -0.4 is 4.74 Å². The van der Waals surface area contributed by atoms with Crippen molar-refractivity contribution in [2.75, 3.05) is 52.5 Å². The SMILES string of the molecule is OCCN1CCN(CCCCOc2ccccc2C=Cc2ccccc2Cl)CC1. The first-order valence-electron chi connectivity index (χ1n) is 10.5. The number of aliphatic hydroxyl groups excluding tert-OH is 1. The van der Waals surface area contributed by atoms with Crippen LogP contribution in [0.1, 0.15) is 24.0 Å². The second-order valence-corrected chi connectivity index (χ2v) is 7.76. The van der Waals surface area contributed by atoms with Crippen LogP contribution in [0, 0.1) is 0 Å². The van der Waals surface area contributed by atoms with Gasteiger partial charge >= 0.3 is 0 Å². The summed E-state index contributed by atoms with van der Waals surface area (Å²) in [5.41, 5.74) is 2.07. The van der Waals surface area contributed by atoms with Crippen molar-refractivity contribution >= 4 is 23.8 Å². The first-order chi connectivity index (χ1) is 14.3. The van der Waals surface area contributed by atoms with Crippen molar-refractivity contribution < 1.29 is 9.84 Å². The van der Waals surface area contributed by atoms with Crippen LogP contribution in [-0.2, 0) is 0 Å². The zero-order chi connectivity index (χ0) is 20.3. The summed E-state index contributed by atoms with van der Waals surface area (Å²) in [6, 6.07) is 15.9. The number of ether oxygens (including phenoxy) is 1. The Labute approximate surface area is 179 Å². The van der Waals surface area contributed by atoms with Crippen molar-refractivity contribution in [1.29, 1.82) is 0 Å². The van der Waals surface area contributed by atoms with E-state index in [4.69, 9.17) is 21.4 Å². The molecule has 1 saturated heterocycles. The number of β-amino-alcohol motifs (C(OH)–C–C–N with tert-alkyl or cyclic N) is 1. The molecule has 29 heavy (non-hydrogen) atoms. The van der Waals surface area contributed by atoms with E-state index < -0.39 is 0 Å². The van der Waals surface area contributed by atoms with Gasteiger partial charge in [0, 0.05) is 43.3 Å². The molecule has 2 aromatic rings. The molecule has 0 bridgehead atoms. The number of rotatable bonds is 10. The van der Waals surface area contributed by atoms with Crippen LogP contribution in [0.2, 0.25) is 5.02 Å². The fourth-order valence-electron chi connectivity index (χ4n) is 3.54. The van der Waals surface area contributed by atoms with Crippen molar-refractivity contribution in [1.82, 2.24) is 9.80 Å². The summed E-state index contributed by atoms with van der Waals surface area (Å²) in [4.78, 5) is 4.83. The summed E-state index contributed by atoms with van der Waals surface area (Å²) in [6.07, 6.45) is 6.26. The molecule has 156 valence electrons. The Morgan fingerprint density at radius 3 is 2.17 bits per heavy atom. The number of benzene rings is 2. The number of piperazine rings is 1. The Hall–Kier alpha value is -1.85. The smallest absolute Gasteiger partial charge is 0.126 e. The summed E-state index contributed by atoms with van der Waals surface area (Å²) < 4.78 is 6.06. The number of nitrogens with zero attached hydrogens (tertiary/aromatic N) is 2. The van der Waals surface area contributed by atoms with Gasteiger partial charge in [-0.25, -0.2) is 0 Å². The van der Waals surface area contributed by atoms with Gasteiger partial charge in [-0.3, -0.25) is 4.90 Å². The highest BCUT2D eigenvalue weighted by Gasteiger charge is 2.15. The fourth-order valence-corrected chi connectivity index (χ4v) is 3.74. The third-order valence-corrected chi connectivity index (χ3v) is 5.62. The standard InChI is InChI=1S/C24H31ClN2O2/c25-23-9-3-1-7-21(23)11-12-22-8-2-4-10-24(22)29-20-6-5-13-26-14-16-27(17-15-26)18-19-28/h1-4,7-12,28H,5-6,13-20H2. The number of hydrogen-bond acceptors (Lipinski definition) is 4. The second kappa shape index (κ2) is 12.0. The molecule has 0 aliphatic carbocycles. The third kappa shape index (κ3) is 7.16. The molecular formula is C24H31ClN2O2. The van der Waals surface area contributed by atoms with Crippen LogP contribution in [0.3, 0.4) is 0 Å². The maximum Gasteiger partial charge on any atom is 0.126 e. The molecule has 0 unspecified atom stereocenters. The van der Waals surface area contributed by atoms with Gasteiger partial charge in [0.2, 0.25) is 0 Å². The molecule has 1 fully saturated rings. The minimum Gasteiger partial charge on any atom is -0.493 e. The van der Waals surface area contributed by atoms with Gasteiger partial charge in [0.15, 0.2) is 0 Å². The van der Waals surface area contributed by atoms with E-state index in [0.717, 1.165) is 80.6 Å². The molecule has 3 rings (SSSR count). The summed E-state index contributed by atoms with van der Waals surface area (Å²) in [5, 5.41) is 9.77. The Morgan fingerprint density at radius 1 is 0.828 bits per heavy atom. The summed E-state index contributed by atoms with van der Waals surface area (Å²) >= 11 is 6.24. The summed E-state index contributed by atoms with van der Waals surface area (Å²) in [6.45, 7) is 7.20. The van der Waals surface area contributed by atoms with Gasteiger partial charge in [-0.15, -0.1) is 0 Å². The molecule has 0 spiro atoms. The number of aliphatic hydroxyl groups is 1. The predicted molar refractivity (Wildman–Crippen MR) is 122 cm³/mol. The normalized spacial score (nSPS) is 15.8. The van der Waals surface area contributed by atoms with Gasteiger partial charge in [0.1, 0.15) is 5.75 Å². The van der Waals surface area contributed by atoms with Crippen molar-refractivity contribution in [3.8, 4) is 5.75 Å². The lowest BCUT2D eigenvalue weighted by molar-refractivity contribution is 0.110. The van der Waals surface area contributed by atoms with Crippen LogP contribution >= 0.6 is 11.6 Å². The lowest BCUT2D eigenvalue weighted by Gasteiger charge is -2.34. The largest absolute Gasteiger partial charge is 0.493 e. The van der Waals surface area contributed by atoms with Crippen LogP contribution in [0.25, 0.3) is 12.2 Å². The van der Waals surface area contributed by atoms with E-state index in [1.54, 1.807) is 0 Å². The van der Waals surface area contributed by atoms with Crippen molar-refractivity contribution in [2.24, 2.45) is 0 Å². The van der Waals surface area contributed by atoms with E-state index in [1.165, 1.54) is 0 Å². The maximum atomic E-state index is 9.02. The average molecular weight is 415 g/mol. The summed E-state index contributed by atoms with van der Waals surface area (Å²) in [5.74, 6) is 0.911. The second-order valence-electron chi connectivity index (χ2n) is 7.36. The third-order valence-electron chi connectivity index (χ3n) is 5.27. The molecule has 0 amide bonds. The van der Waals surface area contributed by atoms with Gasteiger partial charge in [-0.05, 0) is 37.1 Å². The van der Waals surface area contributed by atoms with Crippen molar-refractivity contribution in [3.05, 3.63) is 64.7 Å². The Kier molecular flexibility index (Phi) is 9.03. The highest BCUT2D eigenvalue weighted by Crippen LogP contribution is 2.23. The Morgan fingerprint density at radius 2 is 1.45 bits per heavy atom. The molecule has 0 saturated carbocycles. The highest BCUT2D eigenvalue weighted by molar-refractivity contribution is 6.32. The van der Waals surface area contributed by atoms with E-state index >= 15 is 0 Å². The molecule has 2 aromatic carbocycles. The monoisotopic (exact) mass is 414 g/mol. The average Bonchev–Trinajstić information content (AvgIpc) is 2.75. The van der Waals surface area contributed by atoms with E-state index in [9.17, 15) is 0 Å². The van der Waals surface area contributed by atoms with E-state index in [2.05, 4.69) is 21.9 Å². The molecule has 0 atom stereocenters. The first kappa shape index (κ1) is 21.8. The number of para-hydroxylation sites is 1. The van der Waals surface area contributed by atoms with Crippen LogP contribution in [0.5, 0.6) is 5.75 Å². The topological polar surface area (TPSA) is 35.9 Å². The predicted octanol–water partition coefficient (Wildman–Crippen LogP) is 4.28. The fraction of sp³-hybridized carbons (Fsp3) is 0.417. The minimum atomic E-state index is 0.256. The molecule has 1 aliphatic rings. The van der Waals surface area contributed by atoms with Crippen LogP contribution in [-0.4, -0.2) is 67.4 Å². The van der Waals surface area contributed by atoms with E-state index in [0.29, 0.717) is 0 Å². The van der Waals surface area contributed by atoms with Crippen molar-refractivity contribution in [2.45, 2.75) is 12.8 Å². The van der Waals surface area contributed by atoms with E-state index in [-0.39, 0.29) is 6.61 Å². The molecule has 0 aromatic heterocycles. The summed E-state index contributed by atoms with van der Waals surface area (Å²) in [7, 11) is 0. The molecule has 0 radical (unpaired) electrons. The zero-order valence-corrected chi connectivity index (χ0v) is 17.7. The highest BCUT2D eigenvalue weighted by atomic mass is 35.5. The number of hydrogen-bond donors (Lipinski definition) is 1. The molecule has 1 heterocycles. The minimum absolute atomic E-state index is 0.256. The number of halogens is 1. The van der Waals surface area contributed by atoms with Crippen LogP contribution in [0.4, 0.5) is 0 Å². The van der Waals surface area contributed by atoms with Crippen LogP contribution in [0.15, 0.2) is 48.5 Å². The maximum absolute atomic E-state index is 9.02. The van der Waals surface area contributed by atoms with Gasteiger partial charge in [0.05, 0.1) is 13.2 Å². The zero-order valence-electron chi connectivity index (χ0n) is 17.0. The lowest BCUT2D eigenvalue weighted by Crippen LogP contribution is -2.47. The molecule has 1 aliphatic heterocycles. The van der Waals surface area contributed by atoms with Gasteiger partial charge in [0.25, 0.3) is 0 Å². The molecule has 5 heteroatoms. The Bertz CT molecular complexity index is 773. The quantitative estimate of drug-likeness (QED) is 0.465. The van der Waals surface area contributed by atoms with Gasteiger partial charge in [-0.2, -0.15) is 0 Å². The Balaban J connectivity index is 1.41. The number of unbranched alkanes of at least 4 members (excludes halogenated alkanes) is 1. The van der Waals surface area contributed by atoms with Gasteiger partial charge < -0.3 is 14.7 Å². The van der Waals surface area contributed by atoms with E-state index in [1.807, 2.05) is 48.5 Å². The first-order valence-corrected chi connectivity index (χ1v) is 10.8. The molecular weight excluding hydrogens is 384 g/mol. The molecule has 4 nitrogen and oxygen atoms in total. The van der Waals surface area contributed by atoms with Crippen molar-refractivity contribution in [3.63, 3.8) is 0 Å².